The maximum Gasteiger partial charge on any atom is 0.151 e. The summed E-state index contributed by atoms with van der Waals surface area (Å²) in [6, 6.07) is 14.4. The zero-order valence-corrected chi connectivity index (χ0v) is 11.2. The van der Waals surface area contributed by atoms with Crippen LogP contribution in [0.2, 0.25) is 5.02 Å². The second-order valence-electron chi connectivity index (χ2n) is 4.23. The molecule has 3 rings (SSSR count). The summed E-state index contributed by atoms with van der Waals surface area (Å²) in [5.74, 6) is 1.28. The molecule has 0 aliphatic rings. The van der Waals surface area contributed by atoms with Crippen molar-refractivity contribution in [2.75, 3.05) is 0 Å². The second-order valence-corrected chi connectivity index (χ2v) is 4.64. The molecule has 0 bridgehead atoms. The summed E-state index contributed by atoms with van der Waals surface area (Å²) < 4.78 is 5.83. The van der Waals surface area contributed by atoms with E-state index in [1.165, 1.54) is 0 Å². The van der Waals surface area contributed by atoms with Crippen LogP contribution in [-0.4, -0.2) is 11.3 Å². The van der Waals surface area contributed by atoms with Crippen LogP contribution in [0.1, 0.15) is 10.4 Å². The largest absolute Gasteiger partial charge is 0.457 e. The van der Waals surface area contributed by atoms with Crippen molar-refractivity contribution in [2.24, 2.45) is 0 Å². The smallest absolute Gasteiger partial charge is 0.151 e. The number of carbonyl (C=O) groups excluding carboxylic acids is 1. The molecule has 3 aromatic rings. The SMILES string of the molecule is O=Cc1ccc(Oc2cccc3ncccc23)cc1Cl. The van der Waals surface area contributed by atoms with E-state index in [0.29, 0.717) is 28.4 Å². The highest BCUT2D eigenvalue weighted by atomic mass is 35.5. The van der Waals surface area contributed by atoms with Gasteiger partial charge in [-0.2, -0.15) is 0 Å². The fourth-order valence-corrected chi connectivity index (χ4v) is 2.17. The molecule has 0 unspecified atom stereocenters. The molecular formula is C16H10ClNO2. The maximum atomic E-state index is 10.7. The Morgan fingerprint density at radius 1 is 1.10 bits per heavy atom. The summed E-state index contributed by atoms with van der Waals surface area (Å²) in [5.41, 5.74) is 1.30. The van der Waals surface area contributed by atoms with Crippen molar-refractivity contribution in [3.63, 3.8) is 0 Å². The van der Waals surface area contributed by atoms with Gasteiger partial charge in [0, 0.05) is 23.2 Å². The zero-order chi connectivity index (χ0) is 13.9. The number of rotatable bonds is 3. The van der Waals surface area contributed by atoms with Gasteiger partial charge in [0.25, 0.3) is 0 Å². The number of carbonyl (C=O) groups is 1. The summed E-state index contributed by atoms with van der Waals surface area (Å²) in [6.07, 6.45) is 2.45. The number of halogens is 1. The van der Waals surface area contributed by atoms with Crippen LogP contribution in [0.5, 0.6) is 11.5 Å². The van der Waals surface area contributed by atoms with E-state index in [2.05, 4.69) is 4.98 Å². The minimum absolute atomic E-state index is 0.371. The van der Waals surface area contributed by atoms with Gasteiger partial charge < -0.3 is 4.74 Å². The number of hydrogen-bond acceptors (Lipinski definition) is 3. The van der Waals surface area contributed by atoms with Gasteiger partial charge in [-0.1, -0.05) is 17.7 Å². The number of ether oxygens (including phenoxy) is 1. The van der Waals surface area contributed by atoms with Crippen LogP contribution in [0, 0.1) is 0 Å². The minimum Gasteiger partial charge on any atom is -0.457 e. The van der Waals surface area contributed by atoms with Gasteiger partial charge in [-0.25, -0.2) is 0 Å². The Bertz CT molecular complexity index is 781. The third kappa shape index (κ3) is 2.36. The number of nitrogens with zero attached hydrogens (tertiary/aromatic N) is 1. The van der Waals surface area contributed by atoms with Crippen molar-refractivity contribution in [3.8, 4) is 11.5 Å². The molecular weight excluding hydrogens is 274 g/mol. The van der Waals surface area contributed by atoms with Gasteiger partial charge in [0.1, 0.15) is 11.5 Å². The van der Waals surface area contributed by atoms with Gasteiger partial charge >= 0.3 is 0 Å². The molecule has 0 N–H and O–H groups in total. The van der Waals surface area contributed by atoms with E-state index >= 15 is 0 Å². The Morgan fingerprint density at radius 2 is 2.00 bits per heavy atom. The molecule has 0 saturated carbocycles. The first kappa shape index (κ1) is 12.6. The number of fused-ring (bicyclic) bond motifs is 1. The third-order valence-corrected chi connectivity index (χ3v) is 3.26. The van der Waals surface area contributed by atoms with Crippen molar-refractivity contribution in [1.29, 1.82) is 0 Å². The van der Waals surface area contributed by atoms with Crippen molar-refractivity contribution in [3.05, 3.63) is 65.3 Å². The van der Waals surface area contributed by atoms with Gasteiger partial charge in [-0.3, -0.25) is 9.78 Å². The highest BCUT2D eigenvalue weighted by molar-refractivity contribution is 6.33. The van der Waals surface area contributed by atoms with Gasteiger partial charge in [0.05, 0.1) is 10.5 Å². The van der Waals surface area contributed by atoms with E-state index in [0.717, 1.165) is 10.9 Å². The lowest BCUT2D eigenvalue weighted by Crippen LogP contribution is -1.89. The number of aromatic nitrogens is 1. The van der Waals surface area contributed by atoms with Crippen LogP contribution < -0.4 is 4.74 Å². The average molecular weight is 284 g/mol. The fraction of sp³-hybridized carbons (Fsp3) is 0. The molecule has 0 aliphatic carbocycles. The van der Waals surface area contributed by atoms with Crippen LogP contribution in [0.25, 0.3) is 10.9 Å². The number of hydrogen-bond donors (Lipinski definition) is 0. The predicted molar refractivity (Wildman–Crippen MR) is 78.7 cm³/mol. The Kier molecular flexibility index (Phi) is 3.35. The third-order valence-electron chi connectivity index (χ3n) is 2.93. The molecule has 3 nitrogen and oxygen atoms in total. The Hall–Kier alpha value is -2.39. The van der Waals surface area contributed by atoms with Crippen LogP contribution >= 0.6 is 11.6 Å². The van der Waals surface area contributed by atoms with E-state index in [4.69, 9.17) is 16.3 Å². The van der Waals surface area contributed by atoms with E-state index in [9.17, 15) is 4.79 Å². The summed E-state index contributed by atoms with van der Waals surface area (Å²) in [7, 11) is 0. The van der Waals surface area contributed by atoms with Crippen LogP contribution in [-0.2, 0) is 0 Å². The molecule has 20 heavy (non-hydrogen) atoms. The Morgan fingerprint density at radius 3 is 2.80 bits per heavy atom. The lowest BCUT2D eigenvalue weighted by Gasteiger charge is -2.09. The van der Waals surface area contributed by atoms with E-state index in [1.807, 2.05) is 30.3 Å². The van der Waals surface area contributed by atoms with Crippen molar-refractivity contribution < 1.29 is 9.53 Å². The van der Waals surface area contributed by atoms with Gasteiger partial charge in [0.15, 0.2) is 6.29 Å². The van der Waals surface area contributed by atoms with E-state index < -0.39 is 0 Å². The summed E-state index contributed by atoms with van der Waals surface area (Å²) >= 11 is 5.99. The first-order chi connectivity index (χ1) is 9.78. The molecule has 0 aliphatic heterocycles. The number of pyridine rings is 1. The standard InChI is InChI=1S/C16H10ClNO2/c17-14-9-12(7-6-11(14)10-19)20-16-5-1-4-15-13(16)3-2-8-18-15/h1-10H. The van der Waals surface area contributed by atoms with Crippen molar-refractivity contribution in [2.45, 2.75) is 0 Å². The molecule has 0 amide bonds. The summed E-state index contributed by atoms with van der Waals surface area (Å²) in [6.45, 7) is 0. The quantitative estimate of drug-likeness (QED) is 0.665. The van der Waals surface area contributed by atoms with Gasteiger partial charge in [-0.05, 0) is 36.4 Å². The van der Waals surface area contributed by atoms with Crippen molar-refractivity contribution in [1.82, 2.24) is 4.98 Å². The summed E-state index contributed by atoms with van der Waals surface area (Å²) in [4.78, 5) is 15.0. The molecule has 2 aromatic carbocycles. The van der Waals surface area contributed by atoms with Crippen molar-refractivity contribution >= 4 is 28.8 Å². The topological polar surface area (TPSA) is 39.2 Å². The van der Waals surface area contributed by atoms with Gasteiger partial charge in [-0.15, -0.1) is 0 Å². The Labute approximate surface area is 120 Å². The molecule has 0 atom stereocenters. The van der Waals surface area contributed by atoms with Gasteiger partial charge in [0.2, 0.25) is 0 Å². The molecule has 0 fully saturated rings. The van der Waals surface area contributed by atoms with E-state index in [-0.39, 0.29) is 0 Å². The first-order valence-electron chi connectivity index (χ1n) is 6.04. The lowest BCUT2D eigenvalue weighted by atomic mass is 10.2. The molecule has 1 aromatic heterocycles. The van der Waals surface area contributed by atoms with Crippen LogP contribution in [0.4, 0.5) is 0 Å². The normalized spacial score (nSPS) is 10.4. The van der Waals surface area contributed by atoms with Crippen LogP contribution in [0.15, 0.2) is 54.7 Å². The minimum atomic E-state index is 0.371. The monoisotopic (exact) mass is 283 g/mol. The number of aldehydes is 1. The maximum absolute atomic E-state index is 10.7. The average Bonchev–Trinajstić information content (AvgIpc) is 2.48. The predicted octanol–water partition coefficient (Wildman–Crippen LogP) is 4.49. The highest BCUT2D eigenvalue weighted by Crippen LogP contribution is 2.30. The van der Waals surface area contributed by atoms with E-state index in [1.54, 1.807) is 24.4 Å². The molecule has 0 saturated heterocycles. The fourth-order valence-electron chi connectivity index (χ4n) is 1.96. The Balaban J connectivity index is 2.01. The lowest BCUT2D eigenvalue weighted by molar-refractivity contribution is 0.112. The highest BCUT2D eigenvalue weighted by Gasteiger charge is 2.06. The molecule has 0 radical (unpaired) electrons. The molecule has 98 valence electrons. The first-order valence-corrected chi connectivity index (χ1v) is 6.42. The molecule has 0 spiro atoms. The zero-order valence-electron chi connectivity index (χ0n) is 10.4. The van der Waals surface area contributed by atoms with Crippen LogP contribution in [0.3, 0.4) is 0 Å². The molecule has 4 heteroatoms. The summed E-state index contributed by atoms with van der Waals surface area (Å²) in [5, 5.41) is 1.29. The number of benzene rings is 2. The second kappa shape index (κ2) is 5.31. The molecule has 1 heterocycles.